The Morgan fingerprint density at radius 3 is 2.65 bits per heavy atom. The number of carboxylic acids is 1. The summed E-state index contributed by atoms with van der Waals surface area (Å²) in [5, 5.41) is 37.5. The van der Waals surface area contributed by atoms with Crippen molar-refractivity contribution in [2.75, 3.05) is 18.8 Å². The molecule has 1 aliphatic rings. The van der Waals surface area contributed by atoms with Gasteiger partial charge in [0.15, 0.2) is 17.7 Å². The van der Waals surface area contributed by atoms with E-state index < -0.39 is 36.6 Å². The van der Waals surface area contributed by atoms with E-state index in [1.54, 1.807) is 0 Å². The van der Waals surface area contributed by atoms with Crippen molar-refractivity contribution in [3.05, 3.63) is 48.5 Å². The number of hydrogen-bond donors (Lipinski definition) is 7. The van der Waals surface area contributed by atoms with Crippen LogP contribution in [0.2, 0.25) is 0 Å². The second-order valence-electron chi connectivity index (χ2n) is 9.20. The quantitative estimate of drug-likeness (QED) is 0.142. The van der Waals surface area contributed by atoms with E-state index in [0.717, 1.165) is 6.54 Å². The molecule has 37 heavy (non-hydrogen) atoms. The molecule has 6 unspecified atom stereocenters. The molecule has 1 saturated heterocycles. The van der Waals surface area contributed by atoms with E-state index in [1.165, 1.54) is 22.8 Å². The summed E-state index contributed by atoms with van der Waals surface area (Å²) in [5.41, 5.74) is 13.5. The highest BCUT2D eigenvalue weighted by Gasteiger charge is 2.45. The monoisotopic (exact) mass is 514 g/mol. The first-order valence-electron chi connectivity index (χ1n) is 12.3. The van der Waals surface area contributed by atoms with Gasteiger partial charge < -0.3 is 42.2 Å². The van der Waals surface area contributed by atoms with E-state index in [1.807, 2.05) is 30.3 Å². The molecule has 0 saturated carbocycles. The summed E-state index contributed by atoms with van der Waals surface area (Å²) in [6.07, 6.45) is -0.256. The largest absolute Gasteiger partial charge is 0.480 e. The zero-order chi connectivity index (χ0) is 26.4. The predicted octanol–water partition coefficient (Wildman–Crippen LogP) is -0.642. The van der Waals surface area contributed by atoms with Gasteiger partial charge in [0, 0.05) is 25.7 Å². The topological polar surface area (TPSA) is 207 Å². The maximum absolute atomic E-state index is 11.2. The number of nitrogen functional groups attached to an aromatic ring is 1. The highest BCUT2D eigenvalue weighted by molar-refractivity contribution is 5.81. The van der Waals surface area contributed by atoms with Gasteiger partial charge >= 0.3 is 5.97 Å². The van der Waals surface area contributed by atoms with Gasteiger partial charge in [-0.3, -0.25) is 9.36 Å². The van der Waals surface area contributed by atoms with Crippen LogP contribution in [0.5, 0.6) is 0 Å². The average Bonchev–Trinajstić information content (AvgIpc) is 3.44. The Balaban J connectivity index is 1.37. The van der Waals surface area contributed by atoms with Crippen LogP contribution in [0.4, 0.5) is 5.82 Å². The molecular weight excluding hydrogens is 480 g/mol. The fourth-order valence-electron chi connectivity index (χ4n) is 4.49. The van der Waals surface area contributed by atoms with Gasteiger partial charge in [-0.1, -0.05) is 30.3 Å². The summed E-state index contributed by atoms with van der Waals surface area (Å²) >= 11 is 0. The number of carboxylic acid groups (broad SMARTS) is 1. The van der Waals surface area contributed by atoms with E-state index >= 15 is 0 Å². The van der Waals surface area contributed by atoms with Crippen LogP contribution in [0.25, 0.3) is 11.2 Å². The molecule has 9 N–H and O–H groups in total. The normalized spacial score (nSPS) is 23.3. The lowest BCUT2D eigenvalue weighted by molar-refractivity contribution is -0.138. The third kappa shape index (κ3) is 6.57. The number of nitrogens with one attached hydrogen (secondary N) is 2. The molecule has 3 heterocycles. The van der Waals surface area contributed by atoms with E-state index in [9.17, 15) is 20.1 Å². The van der Waals surface area contributed by atoms with Crippen LogP contribution in [0, 0.1) is 0 Å². The Morgan fingerprint density at radius 1 is 1.11 bits per heavy atom. The van der Waals surface area contributed by atoms with Crippen LogP contribution in [0.1, 0.15) is 31.1 Å². The molecule has 200 valence electrons. The molecule has 2 aromatic heterocycles. The maximum Gasteiger partial charge on any atom is 0.320 e. The number of aliphatic hydroxyl groups excluding tert-OH is 2. The molecule has 0 aliphatic carbocycles. The molecule has 3 aromatic rings. The van der Waals surface area contributed by atoms with E-state index in [-0.39, 0.29) is 18.3 Å². The molecule has 1 fully saturated rings. The Labute approximate surface area is 213 Å². The van der Waals surface area contributed by atoms with Crippen molar-refractivity contribution in [1.82, 2.24) is 30.2 Å². The minimum absolute atomic E-state index is 0.202. The van der Waals surface area contributed by atoms with Crippen molar-refractivity contribution >= 4 is 23.0 Å². The SMILES string of the molecule is Nc1ncnc2c1ncn2C1OC(CC(CCC(N)C(=O)O)NCCNCc2ccccc2)C(O)C1O. The highest BCUT2D eigenvalue weighted by atomic mass is 16.6. The van der Waals surface area contributed by atoms with Crippen LogP contribution in [0.15, 0.2) is 43.0 Å². The third-order valence-electron chi connectivity index (χ3n) is 6.57. The first-order chi connectivity index (χ1) is 17.8. The summed E-state index contributed by atoms with van der Waals surface area (Å²) in [7, 11) is 0. The number of imidazole rings is 1. The van der Waals surface area contributed by atoms with E-state index in [4.69, 9.17) is 16.2 Å². The van der Waals surface area contributed by atoms with Gasteiger partial charge in [0.2, 0.25) is 0 Å². The number of carbonyl (C=O) groups is 1. The molecule has 0 spiro atoms. The summed E-state index contributed by atoms with van der Waals surface area (Å²) in [6.45, 7) is 2.01. The van der Waals surface area contributed by atoms with Crippen LogP contribution < -0.4 is 22.1 Å². The Kier molecular flexibility index (Phi) is 8.97. The van der Waals surface area contributed by atoms with Crippen LogP contribution in [0.3, 0.4) is 0 Å². The van der Waals surface area contributed by atoms with Gasteiger partial charge in [-0.15, -0.1) is 0 Å². The van der Waals surface area contributed by atoms with Gasteiger partial charge in [0.05, 0.1) is 12.4 Å². The molecule has 13 nitrogen and oxygen atoms in total. The second-order valence-corrected chi connectivity index (χ2v) is 9.20. The summed E-state index contributed by atoms with van der Waals surface area (Å²) in [5.74, 6) is -0.864. The fourth-order valence-corrected chi connectivity index (χ4v) is 4.49. The molecule has 0 amide bonds. The number of rotatable bonds is 13. The second kappa shape index (κ2) is 12.4. The number of anilines is 1. The van der Waals surface area contributed by atoms with Crippen molar-refractivity contribution in [2.24, 2.45) is 5.73 Å². The first-order valence-corrected chi connectivity index (χ1v) is 12.3. The number of nitrogens with zero attached hydrogens (tertiary/aromatic N) is 4. The minimum atomic E-state index is -1.23. The number of nitrogens with two attached hydrogens (primary N) is 2. The van der Waals surface area contributed by atoms with Crippen LogP contribution in [-0.4, -0.2) is 84.3 Å². The Hall–Kier alpha value is -3.20. The van der Waals surface area contributed by atoms with Crippen molar-refractivity contribution in [1.29, 1.82) is 0 Å². The highest BCUT2D eigenvalue weighted by Crippen LogP contribution is 2.34. The number of fused-ring (bicyclic) bond motifs is 1. The standard InChI is InChI=1S/C24H34N8O5/c25-16(24(35)36)7-6-15(28-9-8-27-11-14-4-2-1-3-5-14)10-17-19(33)20(34)23(37-17)32-13-31-18-21(26)29-12-30-22(18)32/h1-5,12-13,15-17,19-20,23,27-28,33-34H,6-11,25H2,(H,35,36)(H2,26,29,30). The lowest BCUT2D eigenvalue weighted by Gasteiger charge is -2.24. The number of aliphatic hydroxyl groups is 2. The van der Waals surface area contributed by atoms with Gasteiger partial charge in [0.25, 0.3) is 0 Å². The fraction of sp³-hybridized carbons (Fsp3) is 0.500. The average molecular weight is 515 g/mol. The number of ether oxygens (including phenoxy) is 1. The van der Waals surface area contributed by atoms with Gasteiger partial charge in [-0.05, 0) is 24.8 Å². The molecule has 13 heteroatoms. The number of benzene rings is 1. The van der Waals surface area contributed by atoms with Gasteiger partial charge in [-0.2, -0.15) is 0 Å². The van der Waals surface area contributed by atoms with Crippen LogP contribution >= 0.6 is 0 Å². The van der Waals surface area contributed by atoms with Crippen molar-refractivity contribution in [3.63, 3.8) is 0 Å². The number of aliphatic carboxylic acids is 1. The molecule has 4 rings (SSSR count). The molecule has 1 aromatic carbocycles. The minimum Gasteiger partial charge on any atom is -0.480 e. The number of hydrogen-bond acceptors (Lipinski definition) is 11. The van der Waals surface area contributed by atoms with E-state index in [2.05, 4.69) is 25.6 Å². The lowest BCUT2D eigenvalue weighted by Crippen LogP contribution is -2.41. The van der Waals surface area contributed by atoms with Gasteiger partial charge in [0.1, 0.15) is 30.1 Å². The summed E-state index contributed by atoms with van der Waals surface area (Å²) < 4.78 is 7.59. The van der Waals surface area contributed by atoms with Crippen molar-refractivity contribution < 1.29 is 24.9 Å². The van der Waals surface area contributed by atoms with Crippen molar-refractivity contribution in [3.8, 4) is 0 Å². The summed E-state index contributed by atoms with van der Waals surface area (Å²) in [4.78, 5) is 23.5. The zero-order valence-electron chi connectivity index (χ0n) is 20.3. The Morgan fingerprint density at radius 2 is 1.89 bits per heavy atom. The maximum atomic E-state index is 11.2. The zero-order valence-corrected chi connectivity index (χ0v) is 20.3. The molecule has 0 bridgehead atoms. The molecule has 6 atom stereocenters. The molecular formula is C24H34N8O5. The lowest BCUT2D eigenvalue weighted by atomic mass is 9.98. The Bertz CT molecular complexity index is 1160. The van der Waals surface area contributed by atoms with E-state index in [0.29, 0.717) is 37.1 Å². The third-order valence-corrected chi connectivity index (χ3v) is 6.57. The number of aromatic nitrogens is 4. The smallest absolute Gasteiger partial charge is 0.320 e. The summed E-state index contributed by atoms with van der Waals surface area (Å²) in [6, 6.07) is 8.83. The molecule has 0 radical (unpaired) electrons. The molecule has 1 aliphatic heterocycles. The van der Waals surface area contributed by atoms with Gasteiger partial charge in [-0.25, -0.2) is 15.0 Å². The van der Waals surface area contributed by atoms with Crippen LogP contribution in [-0.2, 0) is 16.1 Å². The first kappa shape index (κ1) is 26.9. The van der Waals surface area contributed by atoms with Crippen molar-refractivity contribution in [2.45, 2.75) is 62.4 Å². The predicted molar refractivity (Wildman–Crippen MR) is 135 cm³/mol.